The molecule has 0 N–H and O–H groups in total. The molecule has 0 saturated carbocycles. The summed E-state index contributed by atoms with van der Waals surface area (Å²) in [5.74, 6) is 0. The van der Waals surface area contributed by atoms with Gasteiger partial charge < -0.3 is 4.84 Å². The molecule has 0 heterocycles. The quantitative estimate of drug-likeness (QED) is 0.517. The molecule has 0 saturated heterocycles. The zero-order valence-corrected chi connectivity index (χ0v) is 8.86. The van der Waals surface area contributed by atoms with Crippen LogP contribution in [0, 0.1) is 0 Å². The Labute approximate surface area is 85.6 Å². The van der Waals surface area contributed by atoms with Crippen LogP contribution in [-0.4, -0.2) is 12.8 Å². The summed E-state index contributed by atoms with van der Waals surface area (Å²) in [5, 5.41) is 4.05. The Hall–Kier alpha value is -1.31. The smallest absolute Gasteiger partial charge is 0.106 e. The molecule has 0 bridgehead atoms. The molecule has 0 aliphatic carbocycles. The molecule has 1 aromatic carbocycles. The Balaban J connectivity index is 2.73. The molecule has 0 aliphatic heterocycles. The summed E-state index contributed by atoms with van der Waals surface area (Å²) in [7, 11) is 1.59. The second-order valence-electron chi connectivity index (χ2n) is 3.19. The van der Waals surface area contributed by atoms with Crippen LogP contribution in [0.4, 0.5) is 0 Å². The molecule has 14 heavy (non-hydrogen) atoms. The van der Waals surface area contributed by atoms with E-state index in [1.165, 1.54) is 6.42 Å². The molecule has 0 unspecified atom stereocenters. The highest BCUT2D eigenvalue weighted by Crippen LogP contribution is 2.08. The molecule has 0 fully saturated rings. The van der Waals surface area contributed by atoms with Crippen molar-refractivity contribution in [2.24, 2.45) is 5.16 Å². The topological polar surface area (TPSA) is 21.6 Å². The molecular formula is C12H17NO. The van der Waals surface area contributed by atoms with Crippen molar-refractivity contribution in [1.82, 2.24) is 0 Å². The normalized spacial score (nSPS) is 11.4. The average molecular weight is 191 g/mol. The minimum absolute atomic E-state index is 0.981. The largest absolute Gasteiger partial charge is 0.399 e. The van der Waals surface area contributed by atoms with Gasteiger partial charge in [0, 0.05) is 0 Å². The van der Waals surface area contributed by atoms with Gasteiger partial charge in [0.15, 0.2) is 0 Å². The molecule has 0 amide bonds. The molecular weight excluding hydrogens is 174 g/mol. The average Bonchev–Trinajstić information content (AvgIpc) is 2.25. The fourth-order valence-corrected chi connectivity index (χ4v) is 1.33. The fraction of sp³-hybridized carbons (Fsp3) is 0.417. The zero-order chi connectivity index (χ0) is 10.2. The maximum absolute atomic E-state index is 4.84. The summed E-state index contributed by atoms with van der Waals surface area (Å²) in [6, 6.07) is 10.2. The van der Waals surface area contributed by atoms with E-state index in [-0.39, 0.29) is 0 Å². The predicted octanol–water partition coefficient (Wildman–Crippen LogP) is 3.23. The van der Waals surface area contributed by atoms with E-state index in [0.717, 1.165) is 24.1 Å². The lowest BCUT2D eigenvalue weighted by Gasteiger charge is -2.04. The van der Waals surface area contributed by atoms with Crippen molar-refractivity contribution in [2.75, 3.05) is 7.11 Å². The van der Waals surface area contributed by atoms with Gasteiger partial charge in [-0.05, 0) is 18.4 Å². The van der Waals surface area contributed by atoms with Gasteiger partial charge in [-0.1, -0.05) is 48.8 Å². The summed E-state index contributed by atoms with van der Waals surface area (Å²) in [5.41, 5.74) is 2.19. The molecule has 1 aromatic rings. The number of benzene rings is 1. The van der Waals surface area contributed by atoms with E-state index in [2.05, 4.69) is 24.2 Å². The summed E-state index contributed by atoms with van der Waals surface area (Å²) in [6.07, 6.45) is 3.31. The van der Waals surface area contributed by atoms with Crippen molar-refractivity contribution in [3.05, 3.63) is 35.9 Å². The van der Waals surface area contributed by atoms with Gasteiger partial charge in [-0.25, -0.2) is 0 Å². The number of hydrogen-bond acceptors (Lipinski definition) is 2. The highest BCUT2D eigenvalue weighted by molar-refractivity contribution is 6.00. The van der Waals surface area contributed by atoms with Crippen LogP contribution >= 0.6 is 0 Å². The van der Waals surface area contributed by atoms with E-state index in [4.69, 9.17) is 4.84 Å². The van der Waals surface area contributed by atoms with Gasteiger partial charge >= 0.3 is 0 Å². The van der Waals surface area contributed by atoms with Crippen molar-refractivity contribution in [3.63, 3.8) is 0 Å². The van der Waals surface area contributed by atoms with Crippen molar-refractivity contribution in [2.45, 2.75) is 26.2 Å². The molecule has 0 aliphatic rings. The fourth-order valence-electron chi connectivity index (χ4n) is 1.33. The van der Waals surface area contributed by atoms with Crippen LogP contribution in [0.2, 0.25) is 0 Å². The number of oxime groups is 1. The molecule has 76 valence electrons. The third-order valence-electron chi connectivity index (χ3n) is 2.08. The van der Waals surface area contributed by atoms with E-state index in [1.54, 1.807) is 7.11 Å². The lowest BCUT2D eigenvalue weighted by Crippen LogP contribution is -2.01. The maximum atomic E-state index is 4.84. The van der Waals surface area contributed by atoms with Crippen molar-refractivity contribution in [3.8, 4) is 0 Å². The van der Waals surface area contributed by atoms with Crippen LogP contribution in [-0.2, 0) is 4.84 Å². The van der Waals surface area contributed by atoms with Gasteiger partial charge in [0.2, 0.25) is 0 Å². The highest BCUT2D eigenvalue weighted by Gasteiger charge is 2.02. The maximum Gasteiger partial charge on any atom is 0.106 e. The molecule has 0 aromatic heterocycles. The number of hydrogen-bond donors (Lipinski definition) is 0. The summed E-state index contributed by atoms with van der Waals surface area (Å²) >= 11 is 0. The summed E-state index contributed by atoms with van der Waals surface area (Å²) in [4.78, 5) is 4.84. The van der Waals surface area contributed by atoms with Crippen LogP contribution in [0.1, 0.15) is 31.7 Å². The highest BCUT2D eigenvalue weighted by atomic mass is 16.6. The third kappa shape index (κ3) is 3.21. The van der Waals surface area contributed by atoms with E-state index >= 15 is 0 Å². The Morgan fingerprint density at radius 1 is 1.29 bits per heavy atom. The number of rotatable bonds is 5. The molecule has 2 heteroatoms. The van der Waals surface area contributed by atoms with Crippen LogP contribution in [0.3, 0.4) is 0 Å². The minimum atomic E-state index is 0.981. The number of nitrogens with zero attached hydrogens (tertiary/aromatic N) is 1. The molecule has 2 nitrogen and oxygen atoms in total. The van der Waals surface area contributed by atoms with E-state index in [0.29, 0.717) is 0 Å². The SMILES string of the molecule is CCCCC(=NOC)c1ccccc1. The zero-order valence-electron chi connectivity index (χ0n) is 8.86. The number of unbranched alkanes of at least 4 members (excludes halogenated alkanes) is 1. The van der Waals surface area contributed by atoms with Crippen LogP contribution in [0.25, 0.3) is 0 Å². The first-order valence-corrected chi connectivity index (χ1v) is 5.04. The van der Waals surface area contributed by atoms with Crippen molar-refractivity contribution in [1.29, 1.82) is 0 Å². The summed E-state index contributed by atoms with van der Waals surface area (Å²) < 4.78 is 0. The van der Waals surface area contributed by atoms with Crippen molar-refractivity contribution < 1.29 is 4.84 Å². The van der Waals surface area contributed by atoms with Crippen LogP contribution < -0.4 is 0 Å². The van der Waals surface area contributed by atoms with E-state index in [9.17, 15) is 0 Å². The van der Waals surface area contributed by atoms with Gasteiger partial charge in [-0.2, -0.15) is 0 Å². The van der Waals surface area contributed by atoms with Crippen LogP contribution in [0.5, 0.6) is 0 Å². The predicted molar refractivity (Wildman–Crippen MR) is 59.5 cm³/mol. The first kappa shape index (κ1) is 10.8. The van der Waals surface area contributed by atoms with Crippen molar-refractivity contribution >= 4 is 5.71 Å². The minimum Gasteiger partial charge on any atom is -0.399 e. The van der Waals surface area contributed by atoms with Gasteiger partial charge in [-0.3, -0.25) is 0 Å². The van der Waals surface area contributed by atoms with Gasteiger partial charge in [0.25, 0.3) is 0 Å². The Bertz CT molecular complexity index is 280. The molecule has 0 spiro atoms. The standard InChI is InChI=1S/C12H17NO/c1-3-4-10-12(13-14-2)11-8-6-5-7-9-11/h5-9H,3-4,10H2,1-2H3. The lowest BCUT2D eigenvalue weighted by molar-refractivity contribution is 0.212. The second kappa shape index (κ2) is 6.19. The Morgan fingerprint density at radius 2 is 2.00 bits per heavy atom. The monoisotopic (exact) mass is 191 g/mol. The summed E-state index contributed by atoms with van der Waals surface area (Å²) in [6.45, 7) is 2.18. The Kier molecular flexibility index (Phi) is 4.76. The molecule has 1 rings (SSSR count). The first-order valence-electron chi connectivity index (χ1n) is 5.04. The van der Waals surface area contributed by atoms with E-state index in [1.807, 2.05) is 18.2 Å². The van der Waals surface area contributed by atoms with E-state index < -0.39 is 0 Å². The molecule has 0 radical (unpaired) electrons. The van der Waals surface area contributed by atoms with Crippen LogP contribution in [0.15, 0.2) is 35.5 Å². The van der Waals surface area contributed by atoms with Gasteiger partial charge in [-0.15, -0.1) is 0 Å². The lowest BCUT2D eigenvalue weighted by atomic mass is 10.1. The van der Waals surface area contributed by atoms with Gasteiger partial charge in [0.1, 0.15) is 7.11 Å². The van der Waals surface area contributed by atoms with Gasteiger partial charge in [0.05, 0.1) is 5.71 Å². The third-order valence-corrected chi connectivity index (χ3v) is 2.08. The molecule has 0 atom stereocenters. The second-order valence-corrected chi connectivity index (χ2v) is 3.19. The Morgan fingerprint density at radius 3 is 2.57 bits per heavy atom. The first-order chi connectivity index (χ1) is 6.88.